The first-order valence-electron chi connectivity index (χ1n) is 6.53. The lowest BCUT2D eigenvalue weighted by molar-refractivity contribution is 0.108. The minimum Gasteiger partial charge on any atom is -0.489 e. The van der Waals surface area contributed by atoms with Crippen LogP contribution >= 0.6 is 0 Å². The van der Waals surface area contributed by atoms with Gasteiger partial charge in [0, 0.05) is 5.39 Å². The van der Waals surface area contributed by atoms with Crippen LogP contribution in [0.25, 0.3) is 10.9 Å². The summed E-state index contributed by atoms with van der Waals surface area (Å²) < 4.78 is 5.62. The van der Waals surface area contributed by atoms with Gasteiger partial charge in [-0.3, -0.25) is 4.98 Å². The molecule has 0 saturated carbocycles. The number of hydrogen-bond donors (Lipinski definition) is 1. The number of pyridine rings is 1. The van der Waals surface area contributed by atoms with Gasteiger partial charge in [0.1, 0.15) is 18.5 Å². The standard InChI is InChI=1S/C17H15NO2/c19-17(13-6-2-1-3-7-13)12-20-15-10-14-8-4-5-9-16(14)18-11-15/h1-11,17,19H,12H2. The third-order valence-corrected chi connectivity index (χ3v) is 3.16. The first kappa shape index (κ1) is 12.6. The molecule has 3 rings (SSSR count). The largest absolute Gasteiger partial charge is 0.489 e. The van der Waals surface area contributed by atoms with Crippen molar-refractivity contribution in [3.05, 3.63) is 72.4 Å². The Morgan fingerprint density at radius 3 is 2.60 bits per heavy atom. The van der Waals surface area contributed by atoms with E-state index in [0.717, 1.165) is 16.5 Å². The molecule has 0 fully saturated rings. The Balaban J connectivity index is 1.70. The summed E-state index contributed by atoms with van der Waals surface area (Å²) in [5.74, 6) is 0.665. The second-order valence-corrected chi connectivity index (χ2v) is 4.60. The number of hydrogen-bond acceptors (Lipinski definition) is 3. The average Bonchev–Trinajstić information content (AvgIpc) is 2.53. The third-order valence-electron chi connectivity index (χ3n) is 3.16. The highest BCUT2D eigenvalue weighted by molar-refractivity contribution is 5.79. The zero-order valence-electron chi connectivity index (χ0n) is 10.9. The van der Waals surface area contributed by atoms with Crippen LogP contribution in [0.3, 0.4) is 0 Å². The predicted molar refractivity (Wildman–Crippen MR) is 78.6 cm³/mol. The molecule has 100 valence electrons. The second kappa shape index (κ2) is 5.72. The summed E-state index contributed by atoms with van der Waals surface area (Å²) in [4.78, 5) is 4.33. The highest BCUT2D eigenvalue weighted by Gasteiger charge is 2.08. The van der Waals surface area contributed by atoms with E-state index >= 15 is 0 Å². The molecule has 0 saturated heterocycles. The summed E-state index contributed by atoms with van der Waals surface area (Å²) in [6.07, 6.45) is 1.04. The molecule has 0 spiro atoms. The van der Waals surface area contributed by atoms with Gasteiger partial charge in [0.15, 0.2) is 0 Å². The van der Waals surface area contributed by atoms with Crippen LogP contribution in [-0.4, -0.2) is 16.7 Å². The summed E-state index contributed by atoms with van der Waals surface area (Å²) in [5.41, 5.74) is 1.78. The van der Waals surface area contributed by atoms with Crippen molar-refractivity contribution in [2.45, 2.75) is 6.10 Å². The van der Waals surface area contributed by atoms with E-state index in [-0.39, 0.29) is 6.61 Å². The molecule has 0 aliphatic rings. The Labute approximate surface area is 117 Å². The molecule has 1 unspecified atom stereocenters. The van der Waals surface area contributed by atoms with E-state index < -0.39 is 6.10 Å². The smallest absolute Gasteiger partial charge is 0.138 e. The number of fused-ring (bicyclic) bond motifs is 1. The molecule has 0 bridgehead atoms. The van der Waals surface area contributed by atoms with Crippen LogP contribution < -0.4 is 4.74 Å². The summed E-state index contributed by atoms with van der Waals surface area (Å²) in [7, 11) is 0. The molecule has 0 aliphatic carbocycles. The van der Waals surface area contributed by atoms with E-state index in [0.29, 0.717) is 5.75 Å². The van der Waals surface area contributed by atoms with Crippen molar-refractivity contribution in [1.82, 2.24) is 4.98 Å². The summed E-state index contributed by atoms with van der Waals surface area (Å²) in [6.45, 7) is 0.212. The van der Waals surface area contributed by atoms with Crippen molar-refractivity contribution in [3.63, 3.8) is 0 Å². The highest BCUT2D eigenvalue weighted by Crippen LogP contribution is 2.20. The maximum absolute atomic E-state index is 10.0. The Morgan fingerprint density at radius 1 is 1.00 bits per heavy atom. The number of nitrogens with zero attached hydrogens (tertiary/aromatic N) is 1. The molecule has 1 atom stereocenters. The van der Waals surface area contributed by atoms with Crippen LogP contribution in [0.4, 0.5) is 0 Å². The van der Waals surface area contributed by atoms with Crippen molar-refractivity contribution in [1.29, 1.82) is 0 Å². The van der Waals surface area contributed by atoms with E-state index in [2.05, 4.69) is 4.98 Å². The molecule has 3 heteroatoms. The van der Waals surface area contributed by atoms with E-state index in [1.54, 1.807) is 6.20 Å². The van der Waals surface area contributed by atoms with Gasteiger partial charge < -0.3 is 9.84 Å². The normalized spacial score (nSPS) is 12.2. The van der Waals surface area contributed by atoms with Crippen LogP contribution in [-0.2, 0) is 0 Å². The van der Waals surface area contributed by atoms with Crippen LogP contribution in [0.5, 0.6) is 5.75 Å². The number of rotatable bonds is 4. The van der Waals surface area contributed by atoms with Crippen molar-refractivity contribution < 1.29 is 9.84 Å². The van der Waals surface area contributed by atoms with Gasteiger partial charge in [-0.25, -0.2) is 0 Å². The topological polar surface area (TPSA) is 42.4 Å². The highest BCUT2D eigenvalue weighted by atomic mass is 16.5. The fraction of sp³-hybridized carbons (Fsp3) is 0.118. The number of ether oxygens (including phenoxy) is 1. The number of aliphatic hydroxyl groups is 1. The van der Waals surface area contributed by atoms with E-state index in [1.165, 1.54) is 0 Å². The zero-order chi connectivity index (χ0) is 13.8. The Bertz CT molecular complexity index is 697. The molecular formula is C17H15NO2. The number of aromatic nitrogens is 1. The molecule has 3 aromatic rings. The van der Waals surface area contributed by atoms with Gasteiger partial charge in [-0.1, -0.05) is 48.5 Å². The minimum atomic E-state index is -0.636. The molecule has 20 heavy (non-hydrogen) atoms. The van der Waals surface area contributed by atoms with Gasteiger partial charge in [-0.2, -0.15) is 0 Å². The SMILES string of the molecule is OC(COc1cnc2ccccc2c1)c1ccccc1. The zero-order valence-corrected chi connectivity index (χ0v) is 10.9. The van der Waals surface area contributed by atoms with Crippen LogP contribution in [0, 0.1) is 0 Å². The number of aliphatic hydroxyl groups excluding tert-OH is 1. The monoisotopic (exact) mass is 265 g/mol. The van der Waals surface area contributed by atoms with Crippen LogP contribution in [0.2, 0.25) is 0 Å². The molecule has 3 nitrogen and oxygen atoms in total. The van der Waals surface area contributed by atoms with Crippen LogP contribution in [0.15, 0.2) is 66.9 Å². The number of benzene rings is 2. The predicted octanol–water partition coefficient (Wildman–Crippen LogP) is 3.35. The van der Waals surface area contributed by atoms with Crippen molar-refractivity contribution in [2.24, 2.45) is 0 Å². The fourth-order valence-corrected chi connectivity index (χ4v) is 2.08. The molecule has 1 N–H and O–H groups in total. The van der Waals surface area contributed by atoms with E-state index in [4.69, 9.17) is 4.74 Å². The summed E-state index contributed by atoms with van der Waals surface area (Å²) in [5, 5.41) is 11.1. The van der Waals surface area contributed by atoms with Gasteiger partial charge in [0.25, 0.3) is 0 Å². The lowest BCUT2D eigenvalue weighted by atomic mass is 10.1. The van der Waals surface area contributed by atoms with Crippen molar-refractivity contribution >= 4 is 10.9 Å². The summed E-state index contributed by atoms with van der Waals surface area (Å²) in [6, 6.07) is 19.3. The molecule has 0 amide bonds. The Morgan fingerprint density at radius 2 is 1.75 bits per heavy atom. The van der Waals surface area contributed by atoms with Crippen LogP contribution in [0.1, 0.15) is 11.7 Å². The molecular weight excluding hydrogens is 250 g/mol. The Kier molecular flexibility index (Phi) is 3.61. The molecule has 1 heterocycles. The van der Waals surface area contributed by atoms with Gasteiger partial charge >= 0.3 is 0 Å². The third kappa shape index (κ3) is 2.78. The van der Waals surface area contributed by atoms with Gasteiger partial charge in [0.2, 0.25) is 0 Å². The number of para-hydroxylation sites is 1. The molecule has 2 aromatic carbocycles. The second-order valence-electron chi connectivity index (χ2n) is 4.60. The quantitative estimate of drug-likeness (QED) is 0.786. The first-order valence-corrected chi connectivity index (χ1v) is 6.53. The van der Waals surface area contributed by atoms with Crippen molar-refractivity contribution in [2.75, 3.05) is 6.61 Å². The van der Waals surface area contributed by atoms with Crippen molar-refractivity contribution in [3.8, 4) is 5.75 Å². The molecule has 1 aromatic heterocycles. The first-order chi connectivity index (χ1) is 9.83. The lowest BCUT2D eigenvalue weighted by Crippen LogP contribution is -2.09. The molecule has 0 aliphatic heterocycles. The van der Waals surface area contributed by atoms with Gasteiger partial charge in [0.05, 0.1) is 11.7 Å². The van der Waals surface area contributed by atoms with Gasteiger partial charge in [-0.15, -0.1) is 0 Å². The summed E-state index contributed by atoms with van der Waals surface area (Å²) >= 11 is 0. The molecule has 0 radical (unpaired) electrons. The van der Waals surface area contributed by atoms with Gasteiger partial charge in [-0.05, 0) is 17.7 Å². The maximum atomic E-state index is 10.0. The fourth-order valence-electron chi connectivity index (χ4n) is 2.08. The minimum absolute atomic E-state index is 0.212. The maximum Gasteiger partial charge on any atom is 0.138 e. The Hall–Kier alpha value is -2.39. The van der Waals surface area contributed by atoms with E-state index in [1.807, 2.05) is 60.7 Å². The lowest BCUT2D eigenvalue weighted by Gasteiger charge is -2.12. The van der Waals surface area contributed by atoms with E-state index in [9.17, 15) is 5.11 Å². The average molecular weight is 265 g/mol.